The summed E-state index contributed by atoms with van der Waals surface area (Å²) in [5.74, 6) is -1.83. The van der Waals surface area contributed by atoms with Gasteiger partial charge in [-0.15, -0.1) is 0 Å². The Bertz CT molecular complexity index is 849. The summed E-state index contributed by atoms with van der Waals surface area (Å²) in [6.07, 6.45) is -4.49. The first-order chi connectivity index (χ1) is 15.0. The molecule has 0 unspecified atom stereocenters. The predicted octanol–water partition coefficient (Wildman–Crippen LogP) is 1.34. The second-order valence-electron chi connectivity index (χ2n) is 7.56. The van der Waals surface area contributed by atoms with Crippen molar-refractivity contribution >= 4 is 23.8 Å². The monoisotopic (exact) mass is 451 g/mol. The molecule has 1 amide bonds. The van der Waals surface area contributed by atoms with Gasteiger partial charge in [-0.1, -0.05) is 18.2 Å². The lowest BCUT2D eigenvalue weighted by Gasteiger charge is -2.45. The van der Waals surface area contributed by atoms with Crippen LogP contribution >= 0.6 is 0 Å². The Morgan fingerprint density at radius 2 is 1.47 bits per heavy atom. The number of carbonyl (C=O) groups excluding carboxylic acids is 4. The van der Waals surface area contributed by atoms with Crippen LogP contribution in [0.15, 0.2) is 18.2 Å². The number of ether oxygens (including phenoxy) is 5. The summed E-state index contributed by atoms with van der Waals surface area (Å²) in [7, 11) is 0. The summed E-state index contributed by atoms with van der Waals surface area (Å²) in [5, 5.41) is 2.67. The molecule has 5 atom stereocenters. The average Bonchev–Trinajstić information content (AvgIpc) is 2.66. The molecule has 1 fully saturated rings. The molecule has 1 saturated heterocycles. The first kappa shape index (κ1) is 25.1. The van der Waals surface area contributed by atoms with E-state index in [1.54, 1.807) is 0 Å². The van der Waals surface area contributed by atoms with E-state index < -0.39 is 54.5 Å². The quantitative estimate of drug-likeness (QED) is 0.483. The van der Waals surface area contributed by atoms with Crippen molar-refractivity contribution in [2.75, 3.05) is 6.61 Å². The Morgan fingerprint density at radius 1 is 0.906 bits per heavy atom. The van der Waals surface area contributed by atoms with Gasteiger partial charge in [0.1, 0.15) is 24.5 Å². The molecule has 0 spiro atoms. The second-order valence-corrected chi connectivity index (χ2v) is 7.56. The van der Waals surface area contributed by atoms with Crippen LogP contribution in [0.5, 0.6) is 5.75 Å². The molecular weight excluding hydrogens is 422 g/mol. The molecule has 0 bridgehead atoms. The van der Waals surface area contributed by atoms with E-state index in [0.717, 1.165) is 11.1 Å². The van der Waals surface area contributed by atoms with Crippen molar-refractivity contribution in [1.82, 2.24) is 5.32 Å². The van der Waals surface area contributed by atoms with Crippen LogP contribution in [-0.4, -0.2) is 61.1 Å². The fourth-order valence-electron chi connectivity index (χ4n) is 3.49. The van der Waals surface area contributed by atoms with Crippen LogP contribution in [0.4, 0.5) is 0 Å². The van der Waals surface area contributed by atoms with Crippen molar-refractivity contribution in [3.05, 3.63) is 29.3 Å². The summed E-state index contributed by atoms with van der Waals surface area (Å²) < 4.78 is 28.0. The molecule has 0 aliphatic carbocycles. The van der Waals surface area contributed by atoms with Crippen molar-refractivity contribution in [1.29, 1.82) is 0 Å². The van der Waals surface area contributed by atoms with Crippen LogP contribution < -0.4 is 10.1 Å². The minimum atomic E-state index is -1.16. The highest BCUT2D eigenvalue weighted by molar-refractivity contribution is 5.73. The van der Waals surface area contributed by atoms with E-state index in [9.17, 15) is 19.2 Å². The lowest BCUT2D eigenvalue weighted by Crippen LogP contribution is -2.67. The lowest BCUT2D eigenvalue weighted by molar-refractivity contribution is -0.257. The first-order valence-electron chi connectivity index (χ1n) is 10.1. The highest BCUT2D eigenvalue weighted by atomic mass is 16.7. The van der Waals surface area contributed by atoms with Gasteiger partial charge in [0.15, 0.2) is 12.2 Å². The molecule has 0 aromatic heterocycles. The number of carbonyl (C=O) groups is 4. The third-order valence-electron chi connectivity index (χ3n) is 4.71. The number of hydrogen-bond acceptors (Lipinski definition) is 9. The standard InChI is InChI=1S/C22H29NO9/c1-11-8-7-9-12(2)19(11)32-22-18(23-13(3)24)21(30-16(6)27)20(29-15(5)26)17(31-22)10-28-14(4)25/h7-9,17-18,20-22H,10H2,1-6H3,(H,23,24)/t17-,18+,20+,21-,22+/m1/s1. The smallest absolute Gasteiger partial charge is 0.303 e. The van der Waals surface area contributed by atoms with Crippen LogP contribution in [-0.2, 0) is 38.1 Å². The number of aryl methyl sites for hydroxylation is 2. The van der Waals surface area contributed by atoms with E-state index in [4.69, 9.17) is 23.7 Å². The minimum absolute atomic E-state index is 0.287. The number of hydrogen-bond donors (Lipinski definition) is 1. The van der Waals surface area contributed by atoms with Crippen LogP contribution in [0.25, 0.3) is 0 Å². The zero-order valence-electron chi connectivity index (χ0n) is 19.0. The summed E-state index contributed by atoms with van der Waals surface area (Å²) >= 11 is 0. The molecule has 1 aromatic rings. The molecule has 32 heavy (non-hydrogen) atoms. The van der Waals surface area contributed by atoms with Crippen molar-refractivity contribution in [3.8, 4) is 5.75 Å². The van der Waals surface area contributed by atoms with Gasteiger partial charge in [0.2, 0.25) is 12.2 Å². The molecule has 10 nitrogen and oxygen atoms in total. The summed E-state index contributed by atoms with van der Waals surface area (Å²) in [6, 6.07) is 4.54. The van der Waals surface area contributed by atoms with Crippen molar-refractivity contribution in [2.45, 2.75) is 72.2 Å². The number of nitrogens with one attached hydrogen (secondary N) is 1. The molecule has 2 rings (SSSR count). The maximum absolute atomic E-state index is 12.0. The van der Waals surface area contributed by atoms with Gasteiger partial charge < -0.3 is 29.0 Å². The SMILES string of the molecule is CC(=O)N[C@@H]1[C@H](Oc2c(C)cccc2C)O[C@H](COC(C)=O)[C@H](OC(C)=O)[C@@H]1OC(C)=O. The fraction of sp³-hybridized carbons (Fsp3) is 0.545. The number of esters is 3. The van der Waals surface area contributed by atoms with Crippen molar-refractivity contribution in [2.24, 2.45) is 0 Å². The first-order valence-corrected chi connectivity index (χ1v) is 10.1. The molecule has 1 aliphatic heterocycles. The Morgan fingerprint density at radius 3 is 1.97 bits per heavy atom. The van der Waals surface area contributed by atoms with Gasteiger partial charge in [0.05, 0.1) is 0 Å². The Kier molecular flexibility index (Phi) is 8.59. The number of amides is 1. The largest absolute Gasteiger partial charge is 0.463 e. The molecular formula is C22H29NO9. The number of benzene rings is 1. The lowest BCUT2D eigenvalue weighted by atomic mass is 9.96. The van der Waals surface area contributed by atoms with Crippen LogP contribution in [0.2, 0.25) is 0 Å². The molecule has 176 valence electrons. The van der Waals surface area contributed by atoms with Crippen molar-refractivity contribution < 1.29 is 42.9 Å². The van der Waals surface area contributed by atoms with Crippen LogP contribution in [0.3, 0.4) is 0 Å². The topological polar surface area (TPSA) is 126 Å². The molecule has 1 N–H and O–H groups in total. The van der Waals surface area contributed by atoms with Crippen LogP contribution in [0.1, 0.15) is 38.8 Å². The van der Waals surface area contributed by atoms with Gasteiger partial charge in [-0.2, -0.15) is 0 Å². The van der Waals surface area contributed by atoms with E-state index in [1.807, 2.05) is 32.0 Å². The third-order valence-corrected chi connectivity index (χ3v) is 4.71. The normalized spacial score (nSPS) is 24.8. The maximum atomic E-state index is 12.0. The molecule has 1 heterocycles. The maximum Gasteiger partial charge on any atom is 0.303 e. The fourth-order valence-corrected chi connectivity index (χ4v) is 3.49. The van der Waals surface area contributed by atoms with E-state index in [1.165, 1.54) is 27.7 Å². The predicted molar refractivity (Wildman–Crippen MR) is 111 cm³/mol. The molecule has 1 aromatic carbocycles. The molecule has 1 aliphatic rings. The van der Waals surface area contributed by atoms with Crippen LogP contribution in [0, 0.1) is 13.8 Å². The summed E-state index contributed by atoms with van der Waals surface area (Å²) in [4.78, 5) is 47.0. The van der Waals surface area contributed by atoms with Gasteiger partial charge in [-0.25, -0.2) is 0 Å². The van der Waals surface area contributed by atoms with Gasteiger partial charge in [-0.05, 0) is 25.0 Å². The third kappa shape index (κ3) is 6.68. The van der Waals surface area contributed by atoms with E-state index in [-0.39, 0.29) is 6.61 Å². The zero-order chi connectivity index (χ0) is 24.0. The Balaban J connectivity index is 2.50. The summed E-state index contributed by atoms with van der Waals surface area (Å²) in [6.45, 7) is 8.28. The highest BCUT2D eigenvalue weighted by Gasteiger charge is 2.52. The van der Waals surface area contributed by atoms with Crippen molar-refractivity contribution in [3.63, 3.8) is 0 Å². The molecule has 0 saturated carbocycles. The summed E-state index contributed by atoms with van der Waals surface area (Å²) in [5.41, 5.74) is 1.63. The Hall–Kier alpha value is -3.14. The van der Waals surface area contributed by atoms with E-state index in [2.05, 4.69) is 5.32 Å². The van der Waals surface area contributed by atoms with E-state index in [0.29, 0.717) is 5.75 Å². The van der Waals surface area contributed by atoms with E-state index >= 15 is 0 Å². The van der Waals surface area contributed by atoms with Gasteiger partial charge in [0.25, 0.3) is 0 Å². The highest BCUT2D eigenvalue weighted by Crippen LogP contribution is 2.31. The molecule has 10 heteroatoms. The zero-order valence-corrected chi connectivity index (χ0v) is 19.0. The van der Waals surface area contributed by atoms with Gasteiger partial charge in [0, 0.05) is 27.7 Å². The molecule has 0 radical (unpaired) electrons. The Labute approximate surface area is 186 Å². The second kappa shape index (κ2) is 10.9. The van der Waals surface area contributed by atoms with Gasteiger partial charge >= 0.3 is 17.9 Å². The number of para-hydroxylation sites is 1. The average molecular weight is 451 g/mol. The number of rotatable bonds is 7. The van der Waals surface area contributed by atoms with Gasteiger partial charge in [-0.3, -0.25) is 19.2 Å². The minimum Gasteiger partial charge on any atom is -0.463 e.